The topological polar surface area (TPSA) is 34.4 Å². The summed E-state index contributed by atoms with van der Waals surface area (Å²) in [6.07, 6.45) is 4.69. The van der Waals surface area contributed by atoms with Gasteiger partial charge in [-0.25, -0.2) is 0 Å². The van der Waals surface area contributed by atoms with Gasteiger partial charge in [0.25, 0.3) is 0 Å². The minimum atomic E-state index is 0.347. The Morgan fingerprint density at radius 3 is 2.93 bits per heavy atom. The first-order valence-corrected chi connectivity index (χ1v) is 5.63. The summed E-state index contributed by atoms with van der Waals surface area (Å²) in [4.78, 5) is 0. The molecular weight excluding hydrogens is 190 g/mol. The molecule has 0 radical (unpaired) electrons. The quantitative estimate of drug-likeness (QED) is 0.826. The van der Waals surface area contributed by atoms with Crippen molar-refractivity contribution in [2.75, 3.05) is 13.2 Å². The third-order valence-corrected chi connectivity index (χ3v) is 3.23. The molecule has 1 aromatic rings. The lowest BCUT2D eigenvalue weighted by Crippen LogP contribution is -2.35. The van der Waals surface area contributed by atoms with Crippen molar-refractivity contribution in [1.82, 2.24) is 5.32 Å². The summed E-state index contributed by atoms with van der Waals surface area (Å²) in [6.45, 7) is 6.20. The highest BCUT2D eigenvalue weighted by Crippen LogP contribution is 2.20. The minimum absolute atomic E-state index is 0.347. The molecule has 1 aromatic heterocycles. The van der Waals surface area contributed by atoms with Crippen LogP contribution < -0.4 is 5.32 Å². The van der Waals surface area contributed by atoms with E-state index in [9.17, 15) is 0 Å². The van der Waals surface area contributed by atoms with Crippen LogP contribution in [0.4, 0.5) is 0 Å². The first-order valence-electron chi connectivity index (χ1n) is 5.63. The summed E-state index contributed by atoms with van der Waals surface area (Å²) >= 11 is 0. The molecule has 1 N–H and O–H groups in total. The fourth-order valence-electron chi connectivity index (χ4n) is 2.10. The van der Waals surface area contributed by atoms with Gasteiger partial charge in [0.15, 0.2) is 0 Å². The van der Waals surface area contributed by atoms with Gasteiger partial charge in [0.1, 0.15) is 0 Å². The second-order valence-electron chi connectivity index (χ2n) is 4.36. The highest BCUT2D eigenvalue weighted by atomic mass is 16.5. The molecule has 0 saturated carbocycles. The van der Waals surface area contributed by atoms with Crippen molar-refractivity contribution in [2.45, 2.75) is 32.4 Å². The van der Waals surface area contributed by atoms with Crippen LogP contribution in [0.2, 0.25) is 0 Å². The zero-order valence-electron chi connectivity index (χ0n) is 9.40. The van der Waals surface area contributed by atoms with Crippen LogP contribution in [-0.2, 0) is 4.74 Å². The maximum atomic E-state index is 5.39. The second-order valence-corrected chi connectivity index (χ2v) is 4.36. The maximum absolute atomic E-state index is 5.39. The van der Waals surface area contributed by atoms with E-state index < -0.39 is 0 Å². The Hall–Kier alpha value is -0.800. The van der Waals surface area contributed by atoms with E-state index in [1.54, 1.807) is 12.5 Å². The fourth-order valence-corrected chi connectivity index (χ4v) is 2.10. The summed E-state index contributed by atoms with van der Waals surface area (Å²) in [5.41, 5.74) is 1.21. The molecule has 0 amide bonds. The smallest absolute Gasteiger partial charge is 0.0950 e. The van der Waals surface area contributed by atoms with Gasteiger partial charge in [0.05, 0.1) is 19.1 Å². The highest BCUT2D eigenvalue weighted by molar-refractivity contribution is 5.10. The van der Waals surface area contributed by atoms with Gasteiger partial charge in [-0.3, -0.25) is 0 Å². The van der Waals surface area contributed by atoms with Crippen LogP contribution in [0.25, 0.3) is 0 Å². The van der Waals surface area contributed by atoms with Crippen LogP contribution >= 0.6 is 0 Å². The third kappa shape index (κ3) is 2.61. The molecule has 15 heavy (non-hydrogen) atoms. The lowest BCUT2D eigenvalue weighted by Gasteiger charge is -2.23. The average Bonchev–Trinajstić information content (AvgIpc) is 2.91. The molecule has 3 heteroatoms. The Labute approximate surface area is 90.8 Å². The Morgan fingerprint density at radius 1 is 1.47 bits per heavy atom. The monoisotopic (exact) mass is 209 g/mol. The van der Waals surface area contributed by atoms with Gasteiger partial charge < -0.3 is 14.5 Å². The van der Waals surface area contributed by atoms with E-state index in [2.05, 4.69) is 19.2 Å². The zero-order chi connectivity index (χ0) is 10.7. The molecule has 0 aliphatic carbocycles. The molecule has 3 unspecified atom stereocenters. The number of rotatable bonds is 4. The second kappa shape index (κ2) is 4.81. The molecule has 2 heterocycles. The van der Waals surface area contributed by atoms with Crippen LogP contribution in [0, 0.1) is 5.92 Å². The SMILES string of the molecule is CC(NC(C)C1CCOC1)c1ccoc1. The third-order valence-electron chi connectivity index (χ3n) is 3.23. The molecule has 3 nitrogen and oxygen atoms in total. The molecule has 1 fully saturated rings. The first-order chi connectivity index (χ1) is 7.27. The van der Waals surface area contributed by atoms with Gasteiger partial charge in [0, 0.05) is 24.3 Å². The molecule has 0 bridgehead atoms. The number of ether oxygens (including phenoxy) is 1. The van der Waals surface area contributed by atoms with Crippen molar-refractivity contribution in [2.24, 2.45) is 5.92 Å². The van der Waals surface area contributed by atoms with Gasteiger partial charge >= 0.3 is 0 Å². The van der Waals surface area contributed by atoms with Crippen molar-refractivity contribution in [3.63, 3.8) is 0 Å². The van der Waals surface area contributed by atoms with Gasteiger partial charge in [0.2, 0.25) is 0 Å². The highest BCUT2D eigenvalue weighted by Gasteiger charge is 2.23. The number of furan rings is 1. The van der Waals surface area contributed by atoms with E-state index in [-0.39, 0.29) is 0 Å². The average molecular weight is 209 g/mol. The molecule has 0 aromatic carbocycles. The Bertz CT molecular complexity index is 278. The van der Waals surface area contributed by atoms with Crippen LogP contribution in [0.15, 0.2) is 23.0 Å². The van der Waals surface area contributed by atoms with Crippen molar-refractivity contribution < 1.29 is 9.15 Å². The number of hydrogen-bond donors (Lipinski definition) is 1. The standard InChI is InChI=1S/C12H19NO2/c1-9(11-3-5-14-7-11)13-10(2)12-4-6-15-8-12/h3,5,7,9-10,12-13H,4,6,8H2,1-2H3. The predicted octanol–water partition coefficient (Wildman–Crippen LogP) is 2.36. The van der Waals surface area contributed by atoms with Crippen molar-refractivity contribution in [3.05, 3.63) is 24.2 Å². The van der Waals surface area contributed by atoms with Crippen LogP contribution in [0.3, 0.4) is 0 Å². The van der Waals surface area contributed by atoms with E-state index in [0.29, 0.717) is 18.0 Å². The molecule has 3 atom stereocenters. The molecule has 1 aliphatic rings. The van der Waals surface area contributed by atoms with Crippen LogP contribution in [0.5, 0.6) is 0 Å². The van der Waals surface area contributed by atoms with Crippen LogP contribution in [0.1, 0.15) is 31.9 Å². The van der Waals surface area contributed by atoms with E-state index >= 15 is 0 Å². The van der Waals surface area contributed by atoms with Gasteiger partial charge in [-0.15, -0.1) is 0 Å². The molecule has 2 rings (SSSR count). The zero-order valence-corrected chi connectivity index (χ0v) is 9.40. The number of nitrogens with one attached hydrogen (secondary N) is 1. The van der Waals surface area contributed by atoms with Gasteiger partial charge in [-0.2, -0.15) is 0 Å². The summed E-state index contributed by atoms with van der Waals surface area (Å²) in [5.74, 6) is 0.652. The van der Waals surface area contributed by atoms with E-state index in [1.165, 1.54) is 12.0 Å². The Kier molecular flexibility index (Phi) is 3.44. The van der Waals surface area contributed by atoms with E-state index in [0.717, 1.165) is 13.2 Å². The lowest BCUT2D eigenvalue weighted by atomic mass is 9.99. The molecule has 84 valence electrons. The maximum Gasteiger partial charge on any atom is 0.0950 e. The molecule has 1 saturated heterocycles. The summed E-state index contributed by atoms with van der Waals surface area (Å²) in [6, 6.07) is 2.85. The number of hydrogen-bond acceptors (Lipinski definition) is 3. The largest absolute Gasteiger partial charge is 0.472 e. The first kappa shape index (κ1) is 10.7. The summed E-state index contributed by atoms with van der Waals surface area (Å²) in [5, 5.41) is 3.58. The normalized spacial score (nSPS) is 25.3. The fraction of sp³-hybridized carbons (Fsp3) is 0.667. The molecule has 1 aliphatic heterocycles. The van der Waals surface area contributed by atoms with Crippen molar-refractivity contribution >= 4 is 0 Å². The summed E-state index contributed by atoms with van der Waals surface area (Å²) < 4.78 is 10.5. The Morgan fingerprint density at radius 2 is 2.33 bits per heavy atom. The Balaban J connectivity index is 1.85. The minimum Gasteiger partial charge on any atom is -0.472 e. The van der Waals surface area contributed by atoms with Crippen LogP contribution in [-0.4, -0.2) is 19.3 Å². The molecule has 0 spiro atoms. The van der Waals surface area contributed by atoms with Crippen molar-refractivity contribution in [3.8, 4) is 0 Å². The predicted molar refractivity (Wildman–Crippen MR) is 58.6 cm³/mol. The van der Waals surface area contributed by atoms with Gasteiger partial charge in [-0.1, -0.05) is 0 Å². The molecular formula is C12H19NO2. The van der Waals surface area contributed by atoms with E-state index in [1.807, 2.05) is 6.07 Å². The summed E-state index contributed by atoms with van der Waals surface area (Å²) in [7, 11) is 0. The van der Waals surface area contributed by atoms with E-state index in [4.69, 9.17) is 9.15 Å². The van der Waals surface area contributed by atoms with Crippen molar-refractivity contribution in [1.29, 1.82) is 0 Å². The van der Waals surface area contributed by atoms with Gasteiger partial charge in [-0.05, 0) is 32.3 Å². The lowest BCUT2D eigenvalue weighted by molar-refractivity contribution is 0.177.